The molecule has 0 bridgehead atoms. The molecule has 0 fully saturated rings. The summed E-state index contributed by atoms with van der Waals surface area (Å²) >= 11 is 6.28. The summed E-state index contributed by atoms with van der Waals surface area (Å²) in [6, 6.07) is 10.3. The van der Waals surface area contributed by atoms with Crippen LogP contribution in [0.4, 0.5) is 0 Å². The number of halogens is 1. The Bertz CT molecular complexity index is 497. The zero-order valence-corrected chi connectivity index (χ0v) is 11.2. The molecule has 0 saturated carbocycles. The number of rotatable bonds is 5. The van der Waals surface area contributed by atoms with E-state index in [4.69, 9.17) is 11.6 Å². The lowest BCUT2D eigenvalue weighted by Crippen LogP contribution is -2.12. The second-order valence-electron chi connectivity index (χ2n) is 4.24. The molecular weight excluding hydrogens is 244 g/mol. The van der Waals surface area contributed by atoms with Gasteiger partial charge in [-0.3, -0.25) is 4.98 Å². The van der Waals surface area contributed by atoms with E-state index in [0.29, 0.717) is 0 Å². The molecule has 0 radical (unpaired) electrons. The highest BCUT2D eigenvalue weighted by Crippen LogP contribution is 2.19. The largest absolute Gasteiger partial charge is 0.313 e. The van der Waals surface area contributed by atoms with E-state index in [1.165, 1.54) is 11.1 Å². The van der Waals surface area contributed by atoms with E-state index < -0.39 is 0 Å². The van der Waals surface area contributed by atoms with Crippen molar-refractivity contribution in [2.75, 3.05) is 6.54 Å². The van der Waals surface area contributed by atoms with Gasteiger partial charge < -0.3 is 5.32 Å². The van der Waals surface area contributed by atoms with Gasteiger partial charge in [0.1, 0.15) is 0 Å². The number of nitrogens with zero attached hydrogens (tertiary/aromatic N) is 1. The minimum atomic E-state index is 0.822. The third kappa shape index (κ3) is 3.56. The van der Waals surface area contributed by atoms with Crippen molar-refractivity contribution in [3.05, 3.63) is 64.4 Å². The quantitative estimate of drug-likeness (QED) is 0.891. The van der Waals surface area contributed by atoms with Crippen LogP contribution in [0.1, 0.15) is 23.6 Å². The van der Waals surface area contributed by atoms with Crippen LogP contribution in [0.5, 0.6) is 0 Å². The Labute approximate surface area is 113 Å². The molecule has 1 heterocycles. The topological polar surface area (TPSA) is 24.9 Å². The molecule has 2 rings (SSSR count). The van der Waals surface area contributed by atoms with Gasteiger partial charge in [-0.1, -0.05) is 36.7 Å². The second kappa shape index (κ2) is 6.53. The van der Waals surface area contributed by atoms with Crippen molar-refractivity contribution in [3.63, 3.8) is 0 Å². The highest BCUT2D eigenvalue weighted by atomic mass is 35.5. The highest BCUT2D eigenvalue weighted by molar-refractivity contribution is 6.31. The normalized spacial score (nSPS) is 10.6. The fourth-order valence-electron chi connectivity index (χ4n) is 1.84. The van der Waals surface area contributed by atoms with Crippen LogP contribution in [0.2, 0.25) is 5.02 Å². The fourth-order valence-corrected chi connectivity index (χ4v) is 2.11. The Morgan fingerprint density at radius 2 is 2.11 bits per heavy atom. The molecule has 3 heteroatoms. The van der Waals surface area contributed by atoms with Crippen molar-refractivity contribution in [3.8, 4) is 0 Å². The summed E-state index contributed by atoms with van der Waals surface area (Å²) in [4.78, 5) is 4.12. The molecule has 2 aromatic rings. The monoisotopic (exact) mass is 260 g/mol. The second-order valence-corrected chi connectivity index (χ2v) is 4.65. The lowest BCUT2D eigenvalue weighted by molar-refractivity contribution is 0.727. The Morgan fingerprint density at radius 1 is 1.22 bits per heavy atom. The fraction of sp³-hybridized carbons (Fsp3) is 0.267. The van der Waals surface area contributed by atoms with Gasteiger partial charge in [-0.05, 0) is 41.8 Å². The van der Waals surface area contributed by atoms with Crippen molar-refractivity contribution >= 4 is 11.6 Å². The Morgan fingerprint density at radius 3 is 2.78 bits per heavy atom. The van der Waals surface area contributed by atoms with Gasteiger partial charge in [-0.2, -0.15) is 0 Å². The minimum Gasteiger partial charge on any atom is -0.313 e. The summed E-state index contributed by atoms with van der Waals surface area (Å²) in [5.41, 5.74) is 3.56. The molecule has 2 nitrogen and oxygen atoms in total. The van der Waals surface area contributed by atoms with Crippen molar-refractivity contribution in [1.29, 1.82) is 0 Å². The van der Waals surface area contributed by atoms with Crippen LogP contribution >= 0.6 is 11.6 Å². The molecule has 0 amide bonds. The van der Waals surface area contributed by atoms with Gasteiger partial charge in [-0.15, -0.1) is 0 Å². The number of benzene rings is 1. The summed E-state index contributed by atoms with van der Waals surface area (Å²) in [6.45, 7) is 3.86. The number of hydrogen-bond acceptors (Lipinski definition) is 2. The van der Waals surface area contributed by atoms with E-state index in [0.717, 1.165) is 30.1 Å². The summed E-state index contributed by atoms with van der Waals surface area (Å²) in [5, 5.41) is 4.11. The van der Waals surface area contributed by atoms with Crippen LogP contribution in [-0.4, -0.2) is 11.5 Å². The maximum atomic E-state index is 6.28. The van der Waals surface area contributed by atoms with Crippen molar-refractivity contribution < 1.29 is 0 Å². The third-order valence-corrected chi connectivity index (χ3v) is 3.17. The van der Waals surface area contributed by atoms with Gasteiger partial charge in [0.2, 0.25) is 0 Å². The molecule has 0 spiro atoms. The van der Waals surface area contributed by atoms with Crippen LogP contribution in [0.15, 0.2) is 42.7 Å². The van der Waals surface area contributed by atoms with E-state index in [2.05, 4.69) is 35.4 Å². The van der Waals surface area contributed by atoms with Gasteiger partial charge in [-0.25, -0.2) is 0 Å². The van der Waals surface area contributed by atoms with E-state index in [1.807, 2.05) is 18.3 Å². The molecule has 18 heavy (non-hydrogen) atoms. The van der Waals surface area contributed by atoms with Crippen LogP contribution in [0.25, 0.3) is 0 Å². The average molecular weight is 261 g/mol. The first-order valence-electron chi connectivity index (χ1n) is 6.16. The molecule has 94 valence electrons. The van der Waals surface area contributed by atoms with Gasteiger partial charge in [0.25, 0.3) is 0 Å². The number of hydrogen-bond donors (Lipinski definition) is 1. The Hall–Kier alpha value is -1.38. The molecule has 1 aromatic carbocycles. The maximum Gasteiger partial charge on any atom is 0.0453 e. The molecule has 0 aliphatic heterocycles. The molecule has 1 aromatic heterocycles. The Balaban J connectivity index is 2.09. The number of aromatic nitrogens is 1. The van der Waals surface area contributed by atoms with E-state index in [-0.39, 0.29) is 0 Å². The van der Waals surface area contributed by atoms with Gasteiger partial charge in [0, 0.05) is 24.0 Å². The first-order valence-corrected chi connectivity index (χ1v) is 6.54. The first-order chi connectivity index (χ1) is 8.79. The highest BCUT2D eigenvalue weighted by Gasteiger charge is 2.02. The maximum absolute atomic E-state index is 6.28. The molecule has 0 unspecified atom stereocenters. The zero-order valence-electron chi connectivity index (χ0n) is 10.5. The summed E-state index contributed by atoms with van der Waals surface area (Å²) < 4.78 is 0. The van der Waals surface area contributed by atoms with Crippen molar-refractivity contribution in [2.45, 2.75) is 19.9 Å². The lowest BCUT2D eigenvalue weighted by atomic mass is 10.0. The molecule has 0 atom stereocenters. The van der Waals surface area contributed by atoms with E-state index in [9.17, 15) is 0 Å². The molecule has 1 N–H and O–H groups in total. The average Bonchev–Trinajstić information content (AvgIpc) is 2.39. The van der Waals surface area contributed by atoms with Crippen molar-refractivity contribution in [2.24, 2.45) is 0 Å². The third-order valence-electron chi connectivity index (χ3n) is 2.81. The predicted molar refractivity (Wildman–Crippen MR) is 75.9 cm³/mol. The molecular formula is C15H17ClN2. The summed E-state index contributed by atoms with van der Waals surface area (Å²) in [7, 11) is 0. The first kappa shape index (κ1) is 13.1. The number of nitrogens with one attached hydrogen (secondary N) is 1. The van der Waals surface area contributed by atoms with Crippen LogP contribution in [0, 0.1) is 0 Å². The summed E-state index contributed by atoms with van der Waals surface area (Å²) in [6.07, 6.45) is 4.55. The van der Waals surface area contributed by atoms with Gasteiger partial charge >= 0.3 is 0 Å². The molecule has 0 aliphatic rings. The minimum absolute atomic E-state index is 0.822. The molecule has 0 aliphatic carbocycles. The standard InChI is InChI=1S/C15H17ClN2/c1-2-17-11-14-6-5-12(9-15(14)16)8-13-4-3-7-18-10-13/h3-7,9-10,17H,2,8,11H2,1H3. The van der Waals surface area contributed by atoms with Crippen molar-refractivity contribution in [1.82, 2.24) is 10.3 Å². The van der Waals surface area contributed by atoms with Crippen LogP contribution < -0.4 is 5.32 Å². The van der Waals surface area contributed by atoms with Gasteiger partial charge in [0.05, 0.1) is 0 Å². The lowest BCUT2D eigenvalue weighted by Gasteiger charge is -2.07. The number of pyridine rings is 1. The van der Waals surface area contributed by atoms with Gasteiger partial charge in [0.15, 0.2) is 0 Å². The van der Waals surface area contributed by atoms with E-state index >= 15 is 0 Å². The zero-order chi connectivity index (χ0) is 12.8. The summed E-state index contributed by atoms with van der Waals surface area (Å²) in [5.74, 6) is 0. The Kier molecular flexibility index (Phi) is 4.73. The molecule has 0 saturated heterocycles. The smallest absolute Gasteiger partial charge is 0.0453 e. The van der Waals surface area contributed by atoms with Crippen LogP contribution in [-0.2, 0) is 13.0 Å². The predicted octanol–water partition coefficient (Wildman–Crippen LogP) is 3.44. The van der Waals surface area contributed by atoms with E-state index in [1.54, 1.807) is 6.20 Å². The van der Waals surface area contributed by atoms with Crippen LogP contribution in [0.3, 0.4) is 0 Å². The SMILES string of the molecule is CCNCc1ccc(Cc2cccnc2)cc1Cl.